The second-order valence-corrected chi connectivity index (χ2v) is 6.23. The van der Waals surface area contributed by atoms with Crippen LogP contribution in [0, 0.1) is 0 Å². The minimum absolute atomic E-state index is 0.258. The van der Waals surface area contributed by atoms with E-state index in [-0.39, 0.29) is 5.91 Å². The number of amides is 1. The molecule has 3 aromatic rings. The highest BCUT2D eigenvalue weighted by molar-refractivity contribution is 5.99. The highest BCUT2D eigenvalue weighted by atomic mass is 16.1. The summed E-state index contributed by atoms with van der Waals surface area (Å²) in [7, 11) is 1.88. The van der Waals surface area contributed by atoms with Gasteiger partial charge in [0.1, 0.15) is 0 Å². The number of aryl methyl sites for hydroxylation is 1. The van der Waals surface area contributed by atoms with Crippen LogP contribution in [-0.4, -0.2) is 25.7 Å². The maximum absolute atomic E-state index is 11.5. The van der Waals surface area contributed by atoms with E-state index in [0.29, 0.717) is 18.2 Å². The molecule has 0 saturated carbocycles. The van der Waals surface area contributed by atoms with E-state index in [0.717, 1.165) is 34.7 Å². The lowest BCUT2D eigenvalue weighted by Crippen LogP contribution is -2.08. The van der Waals surface area contributed by atoms with Crippen LogP contribution in [0.15, 0.2) is 49.3 Å². The number of nitrogens with one attached hydrogen (secondary N) is 3. The van der Waals surface area contributed by atoms with Crippen molar-refractivity contribution < 1.29 is 4.79 Å². The van der Waals surface area contributed by atoms with E-state index >= 15 is 0 Å². The number of hydrogen-bond acceptors (Lipinski definition) is 6. The third-order valence-electron chi connectivity index (χ3n) is 4.24. The molecule has 0 unspecified atom stereocenters. The van der Waals surface area contributed by atoms with E-state index in [1.54, 1.807) is 16.9 Å². The van der Waals surface area contributed by atoms with Gasteiger partial charge in [-0.1, -0.05) is 12.6 Å². The third-order valence-corrected chi connectivity index (χ3v) is 4.24. The number of anilines is 3. The number of benzene rings is 1. The van der Waals surface area contributed by atoms with Gasteiger partial charge in [0.15, 0.2) is 0 Å². The lowest BCUT2D eigenvalue weighted by molar-refractivity contribution is -0.111. The summed E-state index contributed by atoms with van der Waals surface area (Å²) in [6.07, 6.45) is 4.98. The van der Waals surface area contributed by atoms with E-state index in [2.05, 4.69) is 32.6 Å². The van der Waals surface area contributed by atoms with E-state index < -0.39 is 0 Å². The van der Waals surface area contributed by atoms with Crippen LogP contribution in [0.2, 0.25) is 0 Å². The molecule has 0 saturated heterocycles. The Morgan fingerprint density at radius 3 is 2.93 bits per heavy atom. The minimum Gasteiger partial charge on any atom is -0.324 e. The summed E-state index contributed by atoms with van der Waals surface area (Å²) in [5.74, 6) is 0.245. The normalized spacial score (nSPS) is 12.5. The summed E-state index contributed by atoms with van der Waals surface area (Å²) in [6.45, 7) is 4.90. The molecule has 1 amide bonds. The number of carbonyl (C=O) groups excluding carboxylic acids is 1. The Kier molecular flexibility index (Phi) is 4.39. The van der Waals surface area contributed by atoms with Gasteiger partial charge in [0.05, 0.1) is 17.6 Å². The van der Waals surface area contributed by atoms with Crippen molar-refractivity contribution in [2.24, 2.45) is 7.05 Å². The minimum atomic E-state index is -0.258. The van der Waals surface area contributed by atoms with Crippen LogP contribution in [0.5, 0.6) is 0 Å². The summed E-state index contributed by atoms with van der Waals surface area (Å²) in [6, 6.07) is 7.36. The van der Waals surface area contributed by atoms with E-state index in [9.17, 15) is 4.79 Å². The zero-order chi connectivity index (χ0) is 18.8. The van der Waals surface area contributed by atoms with Crippen molar-refractivity contribution in [3.05, 3.63) is 60.6 Å². The highest BCUT2D eigenvalue weighted by Gasteiger charge is 2.21. The Labute approximate surface area is 156 Å². The first-order valence-corrected chi connectivity index (χ1v) is 8.52. The Morgan fingerprint density at radius 1 is 1.30 bits per heavy atom. The SMILES string of the molecule is C=CC(=O)Nc1cccc(Nc2nc3c(c(-c4cnn(C)c4)n2)CNC3)c1. The zero-order valence-corrected chi connectivity index (χ0v) is 14.9. The van der Waals surface area contributed by atoms with Crippen LogP contribution in [0.3, 0.4) is 0 Å². The summed E-state index contributed by atoms with van der Waals surface area (Å²) >= 11 is 0. The lowest BCUT2D eigenvalue weighted by Gasteiger charge is -2.11. The van der Waals surface area contributed by atoms with Crippen molar-refractivity contribution in [1.29, 1.82) is 0 Å². The van der Waals surface area contributed by atoms with Gasteiger partial charge in [0.2, 0.25) is 11.9 Å². The Hall–Kier alpha value is -3.52. The van der Waals surface area contributed by atoms with Gasteiger partial charge < -0.3 is 16.0 Å². The van der Waals surface area contributed by atoms with Crippen molar-refractivity contribution in [1.82, 2.24) is 25.1 Å². The van der Waals surface area contributed by atoms with Crippen molar-refractivity contribution >= 4 is 23.2 Å². The molecule has 4 rings (SSSR count). The van der Waals surface area contributed by atoms with Crippen LogP contribution >= 0.6 is 0 Å². The second-order valence-electron chi connectivity index (χ2n) is 6.23. The van der Waals surface area contributed by atoms with Crippen LogP contribution in [0.4, 0.5) is 17.3 Å². The first-order valence-electron chi connectivity index (χ1n) is 8.52. The predicted octanol–water partition coefficient (Wildman–Crippen LogP) is 2.35. The van der Waals surface area contributed by atoms with Gasteiger partial charge in [-0.15, -0.1) is 0 Å². The summed E-state index contributed by atoms with van der Waals surface area (Å²) in [5, 5.41) is 13.5. The van der Waals surface area contributed by atoms with E-state index in [1.807, 2.05) is 31.4 Å². The van der Waals surface area contributed by atoms with Gasteiger partial charge in [-0.25, -0.2) is 9.97 Å². The molecule has 136 valence electrons. The standard InChI is InChI=1S/C19H19N7O/c1-3-17(27)22-13-5-4-6-14(7-13)23-19-24-16-10-20-9-15(16)18(25-19)12-8-21-26(2)11-12/h3-8,11,20H,1,9-10H2,2H3,(H,22,27)(H,23,24,25). The molecular formula is C19H19N7O. The molecule has 0 aliphatic carbocycles. The van der Waals surface area contributed by atoms with Gasteiger partial charge in [0, 0.05) is 48.8 Å². The molecule has 0 spiro atoms. The summed E-state index contributed by atoms with van der Waals surface area (Å²) < 4.78 is 1.76. The highest BCUT2D eigenvalue weighted by Crippen LogP contribution is 2.28. The number of rotatable bonds is 5. The first kappa shape index (κ1) is 16.9. The molecule has 2 aromatic heterocycles. The number of nitrogens with zero attached hydrogens (tertiary/aromatic N) is 4. The van der Waals surface area contributed by atoms with Crippen molar-refractivity contribution in [3.8, 4) is 11.3 Å². The molecule has 3 heterocycles. The number of fused-ring (bicyclic) bond motifs is 1. The third kappa shape index (κ3) is 3.56. The average Bonchev–Trinajstić information content (AvgIpc) is 3.30. The number of hydrogen-bond donors (Lipinski definition) is 3. The Balaban J connectivity index is 1.66. The zero-order valence-electron chi connectivity index (χ0n) is 14.9. The van der Waals surface area contributed by atoms with Crippen LogP contribution in [-0.2, 0) is 24.9 Å². The van der Waals surface area contributed by atoms with Gasteiger partial charge in [0.25, 0.3) is 0 Å². The largest absolute Gasteiger partial charge is 0.324 e. The maximum atomic E-state index is 11.5. The molecule has 1 aliphatic heterocycles. The number of carbonyl (C=O) groups is 1. The molecule has 8 heteroatoms. The first-order chi connectivity index (χ1) is 13.1. The smallest absolute Gasteiger partial charge is 0.247 e. The molecule has 1 aromatic carbocycles. The topological polar surface area (TPSA) is 96.8 Å². The summed E-state index contributed by atoms with van der Waals surface area (Å²) in [4.78, 5) is 20.8. The molecule has 8 nitrogen and oxygen atoms in total. The number of aromatic nitrogens is 4. The van der Waals surface area contributed by atoms with Crippen molar-refractivity contribution in [3.63, 3.8) is 0 Å². The molecule has 0 atom stereocenters. The van der Waals surface area contributed by atoms with Gasteiger partial charge in [-0.2, -0.15) is 5.10 Å². The van der Waals surface area contributed by atoms with E-state index in [1.165, 1.54) is 6.08 Å². The Bertz CT molecular complexity index is 1020. The lowest BCUT2D eigenvalue weighted by atomic mass is 10.1. The molecule has 0 radical (unpaired) electrons. The van der Waals surface area contributed by atoms with Crippen LogP contribution < -0.4 is 16.0 Å². The fourth-order valence-electron chi connectivity index (χ4n) is 3.00. The van der Waals surface area contributed by atoms with Gasteiger partial charge >= 0.3 is 0 Å². The molecule has 0 fully saturated rings. The van der Waals surface area contributed by atoms with Crippen molar-refractivity contribution in [2.45, 2.75) is 13.1 Å². The fraction of sp³-hybridized carbons (Fsp3) is 0.158. The van der Waals surface area contributed by atoms with Crippen LogP contribution in [0.25, 0.3) is 11.3 Å². The van der Waals surface area contributed by atoms with Gasteiger partial charge in [-0.3, -0.25) is 9.48 Å². The van der Waals surface area contributed by atoms with Crippen molar-refractivity contribution in [2.75, 3.05) is 10.6 Å². The van der Waals surface area contributed by atoms with Gasteiger partial charge in [-0.05, 0) is 24.3 Å². The van der Waals surface area contributed by atoms with Crippen LogP contribution in [0.1, 0.15) is 11.3 Å². The van der Waals surface area contributed by atoms with E-state index in [4.69, 9.17) is 4.98 Å². The Morgan fingerprint density at radius 2 is 2.15 bits per heavy atom. The monoisotopic (exact) mass is 361 g/mol. The molecular weight excluding hydrogens is 342 g/mol. The maximum Gasteiger partial charge on any atom is 0.247 e. The molecule has 1 aliphatic rings. The molecule has 3 N–H and O–H groups in total. The average molecular weight is 361 g/mol. The summed E-state index contributed by atoms with van der Waals surface area (Å²) in [5.41, 5.74) is 5.34. The molecule has 27 heavy (non-hydrogen) atoms. The quantitative estimate of drug-likeness (QED) is 0.604. The second kappa shape index (κ2) is 7.00. The predicted molar refractivity (Wildman–Crippen MR) is 103 cm³/mol. The molecule has 0 bridgehead atoms. The fourth-order valence-corrected chi connectivity index (χ4v) is 3.00.